The topological polar surface area (TPSA) is 88.8 Å². The van der Waals surface area contributed by atoms with Gasteiger partial charge in [-0.2, -0.15) is 4.39 Å². The lowest BCUT2D eigenvalue weighted by atomic mass is 9.86. The van der Waals surface area contributed by atoms with Crippen LogP contribution in [0.4, 0.5) is 19.4 Å². The zero-order valence-electron chi connectivity index (χ0n) is 19.9. The first-order chi connectivity index (χ1) is 15.5. The second-order valence-corrected chi connectivity index (χ2v) is 10.3. The van der Waals surface area contributed by atoms with Gasteiger partial charge < -0.3 is 20.3 Å². The Morgan fingerprint density at radius 3 is 2.15 bits per heavy atom. The second kappa shape index (κ2) is 10.7. The highest BCUT2D eigenvalue weighted by atomic mass is 19.1. The van der Waals surface area contributed by atoms with Gasteiger partial charge in [0.25, 0.3) is 5.91 Å². The Hall–Kier alpha value is -2.45. The Bertz CT molecular complexity index is 829. The summed E-state index contributed by atoms with van der Waals surface area (Å²) in [5.41, 5.74) is 5.09. The van der Waals surface area contributed by atoms with E-state index in [0.29, 0.717) is 39.0 Å². The molecule has 1 aromatic heterocycles. The van der Waals surface area contributed by atoms with E-state index in [4.69, 9.17) is 10.5 Å². The molecule has 0 saturated carbocycles. The molecule has 2 aliphatic rings. The number of alkyl halides is 1. The lowest BCUT2D eigenvalue weighted by Gasteiger charge is -2.35. The Morgan fingerprint density at radius 2 is 1.64 bits per heavy atom. The van der Waals surface area contributed by atoms with E-state index in [1.54, 1.807) is 4.90 Å². The average Bonchev–Trinajstić information content (AvgIpc) is 2.73. The van der Waals surface area contributed by atoms with Crippen molar-refractivity contribution in [3.8, 4) is 0 Å². The van der Waals surface area contributed by atoms with E-state index < -0.39 is 23.6 Å². The van der Waals surface area contributed by atoms with Crippen molar-refractivity contribution >= 4 is 17.8 Å². The van der Waals surface area contributed by atoms with Crippen molar-refractivity contribution in [2.24, 2.45) is 17.6 Å². The minimum absolute atomic E-state index is 0.205. The SMILES string of the molecule is CC(C)(C)OC(=O)N1CCC(CC(F)CC2CCN(c3nc(F)ccc3C(N)=O)CC2)CC1. The van der Waals surface area contributed by atoms with Gasteiger partial charge >= 0.3 is 6.09 Å². The number of anilines is 1. The fourth-order valence-corrected chi connectivity index (χ4v) is 4.74. The molecule has 1 atom stereocenters. The van der Waals surface area contributed by atoms with Crippen LogP contribution >= 0.6 is 0 Å². The molecule has 7 nitrogen and oxygen atoms in total. The Kier molecular flexibility index (Phi) is 8.13. The molecule has 0 spiro atoms. The maximum absolute atomic E-state index is 14.9. The van der Waals surface area contributed by atoms with E-state index in [2.05, 4.69) is 4.98 Å². The summed E-state index contributed by atoms with van der Waals surface area (Å²) in [6.45, 7) is 7.93. The highest BCUT2D eigenvalue weighted by Crippen LogP contribution is 2.31. The molecule has 2 N–H and O–H groups in total. The Labute approximate surface area is 194 Å². The number of hydrogen-bond acceptors (Lipinski definition) is 5. The number of aromatic nitrogens is 1. The van der Waals surface area contributed by atoms with Crippen LogP contribution in [-0.4, -0.2) is 59.8 Å². The normalized spacial score (nSPS) is 19.4. The number of primary amides is 1. The number of rotatable bonds is 6. The first-order valence-electron chi connectivity index (χ1n) is 11.8. The Morgan fingerprint density at radius 1 is 1.09 bits per heavy atom. The third-order valence-corrected chi connectivity index (χ3v) is 6.47. The van der Waals surface area contributed by atoms with Gasteiger partial charge in [0.15, 0.2) is 0 Å². The minimum Gasteiger partial charge on any atom is -0.444 e. The van der Waals surface area contributed by atoms with Gasteiger partial charge in [-0.05, 0) is 83.3 Å². The summed E-state index contributed by atoms with van der Waals surface area (Å²) in [6, 6.07) is 2.49. The molecule has 0 aliphatic carbocycles. The maximum Gasteiger partial charge on any atom is 0.410 e. The molecule has 1 unspecified atom stereocenters. The lowest BCUT2D eigenvalue weighted by Crippen LogP contribution is -2.42. The van der Waals surface area contributed by atoms with Gasteiger partial charge in [-0.1, -0.05) is 0 Å². The summed E-state index contributed by atoms with van der Waals surface area (Å²) in [6.07, 6.45) is 2.93. The van der Waals surface area contributed by atoms with Gasteiger partial charge in [-0.15, -0.1) is 0 Å². The molecule has 184 valence electrons. The predicted octanol–water partition coefficient (Wildman–Crippen LogP) is 4.30. The first kappa shape index (κ1) is 25.2. The highest BCUT2D eigenvalue weighted by molar-refractivity contribution is 5.97. The minimum atomic E-state index is -0.881. The van der Waals surface area contributed by atoms with Crippen molar-refractivity contribution in [3.05, 3.63) is 23.6 Å². The van der Waals surface area contributed by atoms with Gasteiger partial charge in [0.2, 0.25) is 5.95 Å². The van der Waals surface area contributed by atoms with E-state index >= 15 is 0 Å². The summed E-state index contributed by atoms with van der Waals surface area (Å²) in [4.78, 5) is 31.3. The number of hydrogen-bond donors (Lipinski definition) is 1. The molecule has 2 aliphatic heterocycles. The third kappa shape index (κ3) is 7.27. The molecule has 0 bridgehead atoms. The first-order valence-corrected chi connectivity index (χ1v) is 11.8. The molecule has 2 saturated heterocycles. The summed E-state index contributed by atoms with van der Waals surface area (Å²) in [5, 5.41) is 0. The molecule has 3 rings (SSSR count). The van der Waals surface area contributed by atoms with Crippen LogP contribution in [0.1, 0.15) is 69.7 Å². The van der Waals surface area contributed by atoms with E-state index in [-0.39, 0.29) is 29.3 Å². The summed E-state index contributed by atoms with van der Waals surface area (Å²) >= 11 is 0. The second-order valence-electron chi connectivity index (χ2n) is 10.3. The molecular formula is C24H36F2N4O3. The number of ether oxygens (including phenoxy) is 1. The van der Waals surface area contributed by atoms with Gasteiger partial charge in [-0.25, -0.2) is 14.2 Å². The van der Waals surface area contributed by atoms with E-state index in [9.17, 15) is 18.4 Å². The molecule has 9 heteroatoms. The molecule has 0 radical (unpaired) electrons. The van der Waals surface area contributed by atoms with Crippen molar-refractivity contribution in [2.75, 3.05) is 31.1 Å². The summed E-state index contributed by atoms with van der Waals surface area (Å²) < 4.78 is 33.9. The monoisotopic (exact) mass is 466 g/mol. The smallest absolute Gasteiger partial charge is 0.410 e. The maximum atomic E-state index is 14.9. The number of amides is 2. The van der Waals surface area contributed by atoms with Crippen LogP contribution in [0.25, 0.3) is 0 Å². The molecule has 2 amide bonds. The van der Waals surface area contributed by atoms with Crippen LogP contribution in [-0.2, 0) is 4.74 Å². The average molecular weight is 467 g/mol. The van der Waals surface area contributed by atoms with Crippen LogP contribution in [0.3, 0.4) is 0 Å². The van der Waals surface area contributed by atoms with Crippen molar-refractivity contribution in [1.29, 1.82) is 0 Å². The highest BCUT2D eigenvalue weighted by Gasteiger charge is 2.30. The summed E-state index contributed by atoms with van der Waals surface area (Å²) in [7, 11) is 0. The van der Waals surface area contributed by atoms with Crippen LogP contribution in [0.2, 0.25) is 0 Å². The molecular weight excluding hydrogens is 430 g/mol. The zero-order valence-corrected chi connectivity index (χ0v) is 19.9. The van der Waals surface area contributed by atoms with Crippen LogP contribution in [0.15, 0.2) is 12.1 Å². The van der Waals surface area contributed by atoms with Crippen LogP contribution < -0.4 is 10.6 Å². The number of carbonyl (C=O) groups excluding carboxylic acids is 2. The quantitative estimate of drug-likeness (QED) is 0.632. The molecule has 0 aromatic carbocycles. The standard InChI is InChI=1S/C24H36F2N4O3/c1-24(2,3)33-23(32)30-12-8-17(9-13-30)15-18(25)14-16-6-10-29(11-7-16)22-19(21(27)31)4-5-20(26)28-22/h4-5,16-18H,6-15H2,1-3H3,(H2,27,31). The van der Waals surface area contributed by atoms with Gasteiger partial charge in [0, 0.05) is 26.2 Å². The molecule has 3 heterocycles. The predicted molar refractivity (Wildman–Crippen MR) is 122 cm³/mol. The molecule has 33 heavy (non-hydrogen) atoms. The largest absolute Gasteiger partial charge is 0.444 e. The number of piperidine rings is 2. The number of carbonyl (C=O) groups is 2. The summed E-state index contributed by atoms with van der Waals surface area (Å²) in [5.74, 6) is -0.508. The van der Waals surface area contributed by atoms with Crippen molar-refractivity contribution < 1.29 is 23.1 Å². The molecule has 1 aromatic rings. The van der Waals surface area contributed by atoms with Gasteiger partial charge in [-0.3, -0.25) is 4.79 Å². The van der Waals surface area contributed by atoms with Crippen molar-refractivity contribution in [2.45, 2.75) is 71.1 Å². The number of likely N-dealkylation sites (tertiary alicyclic amines) is 1. The van der Waals surface area contributed by atoms with Crippen molar-refractivity contribution in [3.63, 3.8) is 0 Å². The Balaban J connectivity index is 1.42. The fraction of sp³-hybridized carbons (Fsp3) is 0.708. The van der Waals surface area contributed by atoms with E-state index in [0.717, 1.165) is 31.7 Å². The molecule has 2 fully saturated rings. The number of halogens is 2. The van der Waals surface area contributed by atoms with E-state index in [1.165, 1.54) is 6.07 Å². The zero-order chi connectivity index (χ0) is 24.2. The van der Waals surface area contributed by atoms with Crippen LogP contribution in [0, 0.1) is 17.8 Å². The number of nitrogens with two attached hydrogens (primary N) is 1. The van der Waals surface area contributed by atoms with Crippen molar-refractivity contribution in [1.82, 2.24) is 9.88 Å². The number of nitrogens with zero attached hydrogens (tertiary/aromatic N) is 3. The van der Waals surface area contributed by atoms with Gasteiger partial charge in [0.05, 0.1) is 5.56 Å². The third-order valence-electron chi connectivity index (χ3n) is 6.47. The lowest BCUT2D eigenvalue weighted by molar-refractivity contribution is 0.0171. The van der Waals surface area contributed by atoms with Crippen LogP contribution in [0.5, 0.6) is 0 Å². The fourth-order valence-electron chi connectivity index (χ4n) is 4.74. The van der Waals surface area contributed by atoms with Gasteiger partial charge in [0.1, 0.15) is 17.6 Å². The van der Waals surface area contributed by atoms with E-state index in [1.807, 2.05) is 25.7 Å². The number of pyridine rings is 1.